The number of carbonyl (C=O) groups excluding carboxylic acids is 1. The summed E-state index contributed by atoms with van der Waals surface area (Å²) in [4.78, 5) is 16.7. The summed E-state index contributed by atoms with van der Waals surface area (Å²) < 4.78 is 7.13. The smallest absolute Gasteiger partial charge is 0.289 e. The highest BCUT2D eigenvalue weighted by molar-refractivity contribution is 5.91. The van der Waals surface area contributed by atoms with E-state index in [1.165, 1.54) is 6.26 Å². The van der Waals surface area contributed by atoms with Gasteiger partial charge in [-0.3, -0.25) is 9.69 Å². The van der Waals surface area contributed by atoms with Crippen LogP contribution in [-0.4, -0.2) is 62.1 Å². The van der Waals surface area contributed by atoms with Crippen LogP contribution in [-0.2, 0) is 0 Å². The molecule has 2 aromatic heterocycles. The van der Waals surface area contributed by atoms with Crippen molar-refractivity contribution in [3.8, 4) is 0 Å². The molecule has 8 nitrogen and oxygen atoms in total. The summed E-state index contributed by atoms with van der Waals surface area (Å²) in [6.07, 6.45) is 3.59. The number of tetrazole rings is 1. The fourth-order valence-corrected chi connectivity index (χ4v) is 3.33. The largest absolute Gasteiger partial charge is 0.459 e. The maximum Gasteiger partial charge on any atom is 0.289 e. The van der Waals surface area contributed by atoms with Crippen molar-refractivity contribution in [2.45, 2.75) is 45.7 Å². The van der Waals surface area contributed by atoms with Crippen molar-refractivity contribution in [1.29, 1.82) is 0 Å². The Morgan fingerprint density at radius 1 is 1.28 bits per heavy atom. The molecule has 1 fully saturated rings. The predicted octanol–water partition coefficient (Wildman–Crippen LogP) is 2.15. The van der Waals surface area contributed by atoms with E-state index in [4.69, 9.17) is 4.42 Å². The molecule has 8 heteroatoms. The quantitative estimate of drug-likeness (QED) is 0.797. The third kappa shape index (κ3) is 3.73. The maximum atomic E-state index is 12.4. The molecule has 1 aliphatic heterocycles. The molecule has 136 valence electrons. The van der Waals surface area contributed by atoms with Crippen LogP contribution in [0, 0.1) is 0 Å². The van der Waals surface area contributed by atoms with Gasteiger partial charge in [0.05, 0.1) is 18.3 Å². The van der Waals surface area contributed by atoms with Crippen LogP contribution in [0.25, 0.3) is 0 Å². The zero-order chi connectivity index (χ0) is 17.8. The Kier molecular flexibility index (Phi) is 5.47. The van der Waals surface area contributed by atoms with Crippen LogP contribution < -0.4 is 0 Å². The first-order valence-electron chi connectivity index (χ1n) is 8.96. The van der Waals surface area contributed by atoms with Crippen LogP contribution in [0.15, 0.2) is 22.8 Å². The van der Waals surface area contributed by atoms with Crippen LogP contribution in [0.3, 0.4) is 0 Å². The number of piperazine rings is 1. The predicted molar refractivity (Wildman–Crippen MR) is 92.0 cm³/mol. The second-order valence-electron chi connectivity index (χ2n) is 6.69. The Hall–Kier alpha value is -2.22. The highest BCUT2D eigenvalue weighted by Crippen LogP contribution is 2.26. The fraction of sp³-hybridized carbons (Fsp3) is 0.647. The van der Waals surface area contributed by atoms with Crippen LogP contribution in [0.5, 0.6) is 0 Å². The summed E-state index contributed by atoms with van der Waals surface area (Å²) in [5, 5.41) is 12.3. The summed E-state index contributed by atoms with van der Waals surface area (Å²) >= 11 is 0. The highest BCUT2D eigenvalue weighted by Gasteiger charge is 2.31. The third-order valence-corrected chi connectivity index (χ3v) is 4.64. The van der Waals surface area contributed by atoms with Gasteiger partial charge in [0.2, 0.25) is 0 Å². The van der Waals surface area contributed by atoms with Crippen molar-refractivity contribution < 1.29 is 9.21 Å². The minimum absolute atomic E-state index is 0.0382. The van der Waals surface area contributed by atoms with Gasteiger partial charge in [-0.25, -0.2) is 4.68 Å². The highest BCUT2D eigenvalue weighted by atomic mass is 16.3. The maximum absolute atomic E-state index is 12.4. The second-order valence-corrected chi connectivity index (χ2v) is 6.69. The monoisotopic (exact) mass is 346 g/mol. The zero-order valence-corrected chi connectivity index (χ0v) is 15.1. The number of rotatable bonds is 6. The van der Waals surface area contributed by atoms with Gasteiger partial charge < -0.3 is 9.32 Å². The first-order valence-corrected chi connectivity index (χ1v) is 8.96. The molecule has 0 unspecified atom stereocenters. The molecule has 0 aliphatic carbocycles. The minimum Gasteiger partial charge on any atom is -0.459 e. The Labute approximate surface area is 147 Å². The first kappa shape index (κ1) is 17.6. The summed E-state index contributed by atoms with van der Waals surface area (Å²) in [5.41, 5.74) is 0. The Morgan fingerprint density at radius 2 is 2.04 bits per heavy atom. The molecule has 1 aliphatic rings. The SMILES string of the molecule is CCC[C@@H](c1nnnn1C(C)C)N1CCN(C(=O)c2ccco2)CC1. The lowest BCUT2D eigenvalue weighted by atomic mass is 10.1. The summed E-state index contributed by atoms with van der Waals surface area (Å²) in [7, 11) is 0. The summed E-state index contributed by atoms with van der Waals surface area (Å²) in [6.45, 7) is 9.33. The van der Waals surface area contributed by atoms with Crippen molar-refractivity contribution in [1.82, 2.24) is 30.0 Å². The van der Waals surface area contributed by atoms with E-state index in [0.29, 0.717) is 18.8 Å². The number of amides is 1. The van der Waals surface area contributed by atoms with E-state index in [-0.39, 0.29) is 18.0 Å². The molecule has 0 N–H and O–H groups in total. The van der Waals surface area contributed by atoms with Crippen LogP contribution >= 0.6 is 0 Å². The van der Waals surface area contributed by atoms with Gasteiger partial charge in [-0.15, -0.1) is 5.10 Å². The summed E-state index contributed by atoms with van der Waals surface area (Å²) in [5.74, 6) is 1.29. The van der Waals surface area contributed by atoms with Crippen molar-refractivity contribution in [2.24, 2.45) is 0 Å². The molecule has 0 aromatic carbocycles. The lowest BCUT2D eigenvalue weighted by molar-refractivity contribution is 0.0513. The topological polar surface area (TPSA) is 80.3 Å². The van der Waals surface area contributed by atoms with Crippen molar-refractivity contribution in [3.05, 3.63) is 30.0 Å². The van der Waals surface area contributed by atoms with E-state index in [1.54, 1.807) is 12.1 Å². The lowest BCUT2D eigenvalue weighted by Gasteiger charge is -2.38. The number of furan rings is 1. The molecule has 25 heavy (non-hydrogen) atoms. The lowest BCUT2D eigenvalue weighted by Crippen LogP contribution is -2.50. The standard InChI is InChI=1S/C17H26N6O2/c1-4-6-14(16-18-19-20-23(16)13(2)3)21-8-10-22(11-9-21)17(24)15-7-5-12-25-15/h5,7,12-14H,4,6,8-11H2,1-3H3/t14-/m0/s1. The number of aromatic nitrogens is 4. The minimum atomic E-state index is -0.0382. The average molecular weight is 346 g/mol. The molecule has 3 rings (SSSR count). The van der Waals surface area contributed by atoms with E-state index in [1.807, 2.05) is 9.58 Å². The molecule has 1 atom stereocenters. The van der Waals surface area contributed by atoms with Gasteiger partial charge in [-0.2, -0.15) is 0 Å². The van der Waals surface area contributed by atoms with E-state index in [0.717, 1.165) is 31.8 Å². The zero-order valence-electron chi connectivity index (χ0n) is 15.1. The van der Waals surface area contributed by atoms with Crippen molar-refractivity contribution >= 4 is 5.91 Å². The molecule has 0 saturated carbocycles. The average Bonchev–Trinajstić information content (AvgIpc) is 3.30. The number of hydrogen-bond donors (Lipinski definition) is 0. The van der Waals surface area contributed by atoms with Gasteiger partial charge in [-0.1, -0.05) is 13.3 Å². The normalized spacial score (nSPS) is 17.2. The first-order chi connectivity index (χ1) is 12.1. The molecule has 2 aromatic rings. The molecule has 0 bridgehead atoms. The van der Waals surface area contributed by atoms with Gasteiger partial charge in [0.25, 0.3) is 5.91 Å². The Morgan fingerprint density at radius 3 is 2.64 bits per heavy atom. The van der Waals surface area contributed by atoms with Gasteiger partial charge >= 0.3 is 0 Å². The van der Waals surface area contributed by atoms with Gasteiger partial charge in [0.1, 0.15) is 0 Å². The number of nitrogens with zero attached hydrogens (tertiary/aromatic N) is 6. The Balaban J connectivity index is 1.68. The van der Waals surface area contributed by atoms with Crippen molar-refractivity contribution in [3.63, 3.8) is 0 Å². The van der Waals surface area contributed by atoms with E-state index < -0.39 is 0 Å². The Bertz CT molecular complexity index is 673. The van der Waals surface area contributed by atoms with Crippen molar-refractivity contribution in [2.75, 3.05) is 26.2 Å². The third-order valence-electron chi connectivity index (χ3n) is 4.64. The molecule has 3 heterocycles. The summed E-state index contributed by atoms with van der Waals surface area (Å²) in [6, 6.07) is 3.87. The molecular weight excluding hydrogens is 320 g/mol. The molecule has 1 saturated heterocycles. The molecule has 0 spiro atoms. The molecule has 1 amide bonds. The second kappa shape index (κ2) is 7.77. The number of carbonyl (C=O) groups is 1. The fourth-order valence-electron chi connectivity index (χ4n) is 3.33. The van der Waals surface area contributed by atoms with Crippen LogP contribution in [0.1, 0.15) is 62.1 Å². The van der Waals surface area contributed by atoms with E-state index in [9.17, 15) is 4.79 Å². The van der Waals surface area contributed by atoms with E-state index in [2.05, 4.69) is 41.2 Å². The van der Waals surface area contributed by atoms with E-state index >= 15 is 0 Å². The molecule has 0 radical (unpaired) electrons. The van der Waals surface area contributed by atoms with Crippen LogP contribution in [0.4, 0.5) is 0 Å². The van der Waals surface area contributed by atoms with Gasteiger partial charge in [0.15, 0.2) is 11.6 Å². The van der Waals surface area contributed by atoms with Gasteiger partial charge in [0, 0.05) is 26.2 Å². The van der Waals surface area contributed by atoms with Crippen LogP contribution in [0.2, 0.25) is 0 Å². The van der Waals surface area contributed by atoms with Gasteiger partial charge in [-0.05, 0) is 42.8 Å². The molecular formula is C17H26N6O2. The number of hydrogen-bond acceptors (Lipinski definition) is 6.